The zero-order chi connectivity index (χ0) is 25.7. The minimum Gasteiger partial charge on any atom is -0.489 e. The van der Waals surface area contributed by atoms with Crippen LogP contribution in [0, 0.1) is 6.92 Å². The van der Waals surface area contributed by atoms with Gasteiger partial charge in [-0.2, -0.15) is 13.4 Å². The number of carbonyl (C=O) groups is 1. The van der Waals surface area contributed by atoms with Crippen LogP contribution in [0.1, 0.15) is 42.3 Å². The normalized spacial score (nSPS) is 14.9. The van der Waals surface area contributed by atoms with Crippen LogP contribution >= 0.6 is 0 Å². The number of guanidine groups is 2. The minimum atomic E-state index is -3.66. The predicted molar refractivity (Wildman–Crippen MR) is 132 cm³/mol. The molecule has 7 N–H and O–H groups in total. The Balaban J connectivity index is 0.000000604. The first-order valence-corrected chi connectivity index (χ1v) is 11.9. The van der Waals surface area contributed by atoms with Crippen molar-refractivity contribution in [3.8, 4) is 5.75 Å². The van der Waals surface area contributed by atoms with Gasteiger partial charge in [-0.25, -0.2) is 4.99 Å². The van der Waals surface area contributed by atoms with Gasteiger partial charge in [0.15, 0.2) is 0 Å². The standard InChI is InChI=1S/C20H24N6O2.C2H6O3S/c1-12-9-15(26-19(23)24-18(22)25-20(26,2)3)7-8-16(12)28-11-13-5-4-6-14(10-13)17(21)27;1-2-6(3,4)5/h4-10H,11H2,1-3H3,(H2,21,27)(H4,22,23,24,25);2H2,1H3,(H,3,4,5). The van der Waals surface area contributed by atoms with E-state index in [1.54, 1.807) is 18.2 Å². The number of amides is 1. The summed E-state index contributed by atoms with van der Waals surface area (Å²) in [6, 6.07) is 12.8. The Morgan fingerprint density at radius 2 is 1.82 bits per heavy atom. The van der Waals surface area contributed by atoms with Crippen molar-refractivity contribution in [1.29, 1.82) is 0 Å². The highest BCUT2D eigenvalue weighted by Crippen LogP contribution is 2.31. The van der Waals surface area contributed by atoms with E-state index in [1.807, 2.05) is 49.9 Å². The van der Waals surface area contributed by atoms with Gasteiger partial charge in [0.2, 0.25) is 17.8 Å². The molecule has 0 unspecified atom stereocenters. The summed E-state index contributed by atoms with van der Waals surface area (Å²) in [5.41, 5.74) is 19.6. The molecule has 1 heterocycles. The second-order valence-electron chi connectivity index (χ2n) is 7.94. The fourth-order valence-corrected chi connectivity index (χ4v) is 3.16. The van der Waals surface area contributed by atoms with Gasteiger partial charge in [0.05, 0.1) is 5.75 Å². The van der Waals surface area contributed by atoms with E-state index in [1.165, 1.54) is 6.92 Å². The highest BCUT2D eigenvalue weighted by molar-refractivity contribution is 7.85. The number of aliphatic imine (C=N–C) groups is 2. The third-order valence-electron chi connectivity index (χ3n) is 4.78. The first kappa shape index (κ1) is 26.6. The number of aryl methyl sites for hydroxylation is 1. The van der Waals surface area contributed by atoms with Crippen molar-refractivity contribution in [2.24, 2.45) is 27.2 Å². The lowest BCUT2D eigenvalue weighted by atomic mass is 10.1. The molecule has 2 aromatic carbocycles. The van der Waals surface area contributed by atoms with Gasteiger partial charge in [-0.1, -0.05) is 12.1 Å². The van der Waals surface area contributed by atoms with Gasteiger partial charge in [0, 0.05) is 11.3 Å². The summed E-state index contributed by atoms with van der Waals surface area (Å²) in [4.78, 5) is 21.5. The molecule has 1 amide bonds. The van der Waals surface area contributed by atoms with E-state index < -0.39 is 21.7 Å². The van der Waals surface area contributed by atoms with Crippen molar-refractivity contribution < 1.29 is 22.5 Å². The third-order valence-corrected chi connectivity index (χ3v) is 5.51. The van der Waals surface area contributed by atoms with E-state index in [2.05, 4.69) is 9.98 Å². The fraction of sp³-hybridized carbons (Fsp3) is 0.318. The van der Waals surface area contributed by atoms with Gasteiger partial charge in [-0.05, 0) is 69.2 Å². The third kappa shape index (κ3) is 7.18. The molecule has 0 atom stereocenters. The molecule has 0 aliphatic carbocycles. The molecule has 184 valence electrons. The lowest BCUT2D eigenvalue weighted by molar-refractivity contribution is 0.1000. The number of nitrogens with two attached hydrogens (primary N) is 3. The Labute approximate surface area is 199 Å². The van der Waals surface area contributed by atoms with Crippen LogP contribution in [0.25, 0.3) is 0 Å². The van der Waals surface area contributed by atoms with Crippen LogP contribution in [0.4, 0.5) is 5.69 Å². The molecule has 0 saturated heterocycles. The summed E-state index contributed by atoms with van der Waals surface area (Å²) < 4.78 is 32.8. The van der Waals surface area contributed by atoms with Crippen LogP contribution in [0.5, 0.6) is 5.75 Å². The molecule has 34 heavy (non-hydrogen) atoms. The molecule has 11 nitrogen and oxygen atoms in total. The molecule has 0 saturated carbocycles. The topological polar surface area (TPSA) is 187 Å². The number of benzene rings is 2. The van der Waals surface area contributed by atoms with Crippen molar-refractivity contribution in [3.05, 3.63) is 59.2 Å². The molecule has 12 heteroatoms. The number of primary amides is 1. The zero-order valence-corrected chi connectivity index (χ0v) is 20.3. The molecule has 1 aliphatic heterocycles. The number of hydrogen-bond acceptors (Lipinski definition) is 9. The molecular weight excluding hydrogens is 460 g/mol. The number of anilines is 1. The van der Waals surface area contributed by atoms with Crippen molar-refractivity contribution in [1.82, 2.24) is 0 Å². The van der Waals surface area contributed by atoms with Crippen molar-refractivity contribution in [3.63, 3.8) is 0 Å². The number of nitrogens with zero attached hydrogens (tertiary/aromatic N) is 3. The first-order chi connectivity index (χ1) is 15.7. The molecule has 0 aromatic heterocycles. The summed E-state index contributed by atoms with van der Waals surface area (Å²) in [5, 5.41) is 0. The van der Waals surface area contributed by atoms with Crippen LogP contribution in [0.15, 0.2) is 52.4 Å². The molecule has 0 bridgehead atoms. The first-order valence-electron chi connectivity index (χ1n) is 10.3. The van der Waals surface area contributed by atoms with Crippen LogP contribution in [0.2, 0.25) is 0 Å². The maximum absolute atomic E-state index is 11.3. The fourth-order valence-electron chi connectivity index (χ4n) is 3.16. The van der Waals surface area contributed by atoms with E-state index in [0.717, 1.165) is 22.6 Å². The summed E-state index contributed by atoms with van der Waals surface area (Å²) in [6.07, 6.45) is 0. The number of rotatable bonds is 6. The Bertz CT molecular complexity index is 1220. The van der Waals surface area contributed by atoms with Crippen molar-refractivity contribution in [2.75, 3.05) is 10.7 Å². The van der Waals surface area contributed by atoms with E-state index >= 15 is 0 Å². The molecule has 0 fully saturated rings. The van der Waals surface area contributed by atoms with Gasteiger partial charge < -0.3 is 21.9 Å². The Morgan fingerprint density at radius 3 is 2.35 bits per heavy atom. The lowest BCUT2D eigenvalue weighted by Gasteiger charge is -2.38. The molecule has 0 radical (unpaired) electrons. The van der Waals surface area contributed by atoms with Gasteiger partial charge in [0.1, 0.15) is 18.0 Å². The van der Waals surface area contributed by atoms with Crippen LogP contribution in [0.3, 0.4) is 0 Å². The van der Waals surface area contributed by atoms with Crippen molar-refractivity contribution >= 4 is 33.6 Å². The van der Waals surface area contributed by atoms with Gasteiger partial charge in [-0.3, -0.25) is 14.2 Å². The second kappa shape index (κ2) is 10.5. The minimum absolute atomic E-state index is 0.161. The second-order valence-corrected chi connectivity index (χ2v) is 9.68. The summed E-state index contributed by atoms with van der Waals surface area (Å²) in [7, 11) is -3.66. The van der Waals surface area contributed by atoms with E-state index in [9.17, 15) is 13.2 Å². The average molecular weight is 491 g/mol. The van der Waals surface area contributed by atoms with E-state index in [0.29, 0.717) is 12.2 Å². The quantitative estimate of drug-likeness (QED) is 0.441. The van der Waals surface area contributed by atoms with Gasteiger partial charge >= 0.3 is 0 Å². The number of ether oxygens (including phenoxy) is 1. The Morgan fingerprint density at radius 1 is 1.18 bits per heavy atom. The smallest absolute Gasteiger partial charge is 0.264 e. The number of hydrogen-bond donors (Lipinski definition) is 4. The lowest BCUT2D eigenvalue weighted by Crippen LogP contribution is -2.54. The highest BCUT2D eigenvalue weighted by Gasteiger charge is 2.33. The van der Waals surface area contributed by atoms with Crippen LogP contribution in [-0.4, -0.2) is 42.2 Å². The molecule has 3 rings (SSSR count). The maximum Gasteiger partial charge on any atom is 0.264 e. The van der Waals surface area contributed by atoms with Crippen LogP contribution < -0.4 is 26.8 Å². The predicted octanol–water partition coefficient (Wildman–Crippen LogP) is 1.75. The Kier molecular flexibility index (Phi) is 8.24. The van der Waals surface area contributed by atoms with E-state index in [4.69, 9.17) is 26.5 Å². The zero-order valence-electron chi connectivity index (χ0n) is 19.5. The molecule has 2 aromatic rings. The SMILES string of the molecule is CCS(=O)(=O)O.Cc1cc(N2C(N)=NC(N)=NC2(C)C)ccc1OCc1cccc(C(N)=O)c1. The highest BCUT2D eigenvalue weighted by atomic mass is 32.2. The number of carbonyl (C=O) groups excluding carboxylic acids is 1. The Hall–Kier alpha value is -3.64. The van der Waals surface area contributed by atoms with Crippen molar-refractivity contribution in [2.45, 2.75) is 40.0 Å². The van der Waals surface area contributed by atoms with Gasteiger partial charge in [0.25, 0.3) is 10.1 Å². The largest absolute Gasteiger partial charge is 0.489 e. The molecular formula is C22H30N6O5S. The van der Waals surface area contributed by atoms with Gasteiger partial charge in [-0.15, -0.1) is 0 Å². The van der Waals surface area contributed by atoms with Crippen LogP contribution in [-0.2, 0) is 16.7 Å². The summed E-state index contributed by atoms with van der Waals surface area (Å²) in [6.45, 7) is 7.45. The van der Waals surface area contributed by atoms with E-state index in [-0.39, 0.29) is 17.7 Å². The average Bonchev–Trinajstić information content (AvgIpc) is 2.72. The maximum atomic E-state index is 11.3. The monoisotopic (exact) mass is 490 g/mol. The molecule has 0 spiro atoms. The summed E-state index contributed by atoms with van der Waals surface area (Å²) in [5.74, 6) is 0.505. The molecule has 1 aliphatic rings. The summed E-state index contributed by atoms with van der Waals surface area (Å²) >= 11 is 0.